The van der Waals surface area contributed by atoms with Crippen molar-refractivity contribution in [3.63, 3.8) is 0 Å². The molecule has 1 N–H and O–H groups in total. The molecule has 41 heavy (non-hydrogen) atoms. The maximum absolute atomic E-state index is 13.5. The summed E-state index contributed by atoms with van der Waals surface area (Å²) in [4.78, 5) is 33.1. The number of furan rings is 1. The fourth-order valence-electron chi connectivity index (χ4n) is 4.34. The molecule has 0 atom stereocenters. The number of anilines is 1. The predicted octanol–water partition coefficient (Wildman–Crippen LogP) is 5.74. The van der Waals surface area contributed by atoms with Gasteiger partial charge in [0.15, 0.2) is 0 Å². The Morgan fingerprint density at radius 2 is 1.68 bits per heavy atom. The highest BCUT2D eigenvalue weighted by Gasteiger charge is 2.22. The Kier molecular flexibility index (Phi) is 8.15. The highest BCUT2D eigenvalue weighted by molar-refractivity contribution is 5.99. The summed E-state index contributed by atoms with van der Waals surface area (Å²) in [6.07, 6.45) is 3.40. The Bertz CT molecular complexity index is 1620. The van der Waals surface area contributed by atoms with Crippen LogP contribution in [-0.2, 0) is 11.3 Å². The number of rotatable bonds is 10. The summed E-state index contributed by atoms with van der Waals surface area (Å²) in [5, 5.41) is 2.91. The van der Waals surface area contributed by atoms with E-state index in [1.54, 1.807) is 43.5 Å². The van der Waals surface area contributed by atoms with E-state index in [1.165, 1.54) is 18.3 Å². The number of hydrogen-bond donors (Lipinski definition) is 1. The molecular weight excluding hydrogens is 520 g/mol. The average Bonchev–Trinajstić information content (AvgIpc) is 3.67. The lowest BCUT2D eigenvalue weighted by molar-refractivity contribution is -0.117. The second kappa shape index (κ2) is 12.3. The number of ether oxygens (including phenoxy) is 2. The fraction of sp³-hybridized carbons (Fsp3) is 0.156. The summed E-state index contributed by atoms with van der Waals surface area (Å²) >= 11 is 0. The lowest BCUT2D eigenvalue weighted by atomic mass is 10.1. The van der Waals surface area contributed by atoms with Gasteiger partial charge < -0.3 is 18.8 Å². The number of hydrogen-bond acceptors (Lipinski definition) is 6. The van der Waals surface area contributed by atoms with Gasteiger partial charge >= 0.3 is 0 Å². The first kappa shape index (κ1) is 27.3. The minimum absolute atomic E-state index is 0.111. The molecule has 0 saturated heterocycles. The molecule has 0 spiro atoms. The molecule has 0 bridgehead atoms. The molecular formula is C32H30N4O5. The number of nitrogens with one attached hydrogen (secondary N) is 1. The number of aryl methyl sites for hydroxylation is 1. The molecule has 0 saturated carbocycles. The van der Waals surface area contributed by atoms with Gasteiger partial charge in [0.1, 0.15) is 23.8 Å². The van der Waals surface area contributed by atoms with E-state index in [2.05, 4.69) is 5.32 Å². The number of methoxy groups -OCH3 is 2. The molecule has 0 radical (unpaired) electrons. The van der Waals surface area contributed by atoms with Crippen molar-refractivity contribution in [1.29, 1.82) is 0 Å². The van der Waals surface area contributed by atoms with Gasteiger partial charge in [-0.3, -0.25) is 19.5 Å². The van der Waals surface area contributed by atoms with Crippen LogP contribution in [0, 0.1) is 6.92 Å². The van der Waals surface area contributed by atoms with Crippen LogP contribution in [0.1, 0.15) is 21.7 Å². The minimum Gasteiger partial charge on any atom is -0.497 e. The Morgan fingerprint density at radius 3 is 2.37 bits per heavy atom. The van der Waals surface area contributed by atoms with E-state index in [4.69, 9.17) is 18.9 Å². The molecule has 0 aliphatic heterocycles. The van der Waals surface area contributed by atoms with Gasteiger partial charge in [-0.25, -0.2) is 4.98 Å². The van der Waals surface area contributed by atoms with Crippen molar-refractivity contribution in [3.8, 4) is 28.4 Å². The first-order chi connectivity index (χ1) is 19.9. The van der Waals surface area contributed by atoms with Crippen molar-refractivity contribution in [3.05, 3.63) is 114 Å². The topological polar surface area (TPSA) is 98.8 Å². The second-order valence-corrected chi connectivity index (χ2v) is 9.40. The first-order valence-electron chi connectivity index (χ1n) is 13.0. The van der Waals surface area contributed by atoms with Gasteiger partial charge in [-0.05, 0) is 73.7 Å². The Labute approximate surface area is 238 Å². The molecule has 5 rings (SSSR count). The van der Waals surface area contributed by atoms with Crippen LogP contribution in [0.5, 0.6) is 11.5 Å². The lowest BCUT2D eigenvalue weighted by Crippen LogP contribution is -2.37. The molecule has 208 valence electrons. The third-order valence-electron chi connectivity index (χ3n) is 6.52. The van der Waals surface area contributed by atoms with E-state index in [9.17, 15) is 9.59 Å². The second-order valence-electron chi connectivity index (χ2n) is 9.40. The smallest absolute Gasteiger partial charge is 0.254 e. The third kappa shape index (κ3) is 6.47. The van der Waals surface area contributed by atoms with Crippen molar-refractivity contribution >= 4 is 17.8 Å². The molecule has 5 aromatic rings. The summed E-state index contributed by atoms with van der Waals surface area (Å²) < 4.78 is 17.8. The third-order valence-corrected chi connectivity index (χ3v) is 6.52. The minimum atomic E-state index is -0.409. The fourth-order valence-corrected chi connectivity index (χ4v) is 4.34. The maximum Gasteiger partial charge on any atom is 0.254 e. The van der Waals surface area contributed by atoms with Crippen LogP contribution in [0.2, 0.25) is 0 Å². The summed E-state index contributed by atoms with van der Waals surface area (Å²) in [6, 6.07) is 25.7. The molecule has 0 unspecified atom stereocenters. The van der Waals surface area contributed by atoms with Crippen molar-refractivity contribution in [2.75, 3.05) is 26.1 Å². The predicted molar refractivity (Wildman–Crippen MR) is 155 cm³/mol. The number of benzene rings is 3. The standard InChI is InChI=1S/C32H30N4O5/c1-22-9-13-25(14-10-22)36-20-29(23-11-15-26(39-2)16-12-23)33-32(36)34-30(37)21-35(19-28-8-5-17-41-28)31(38)24-6-4-7-27(18-24)40-3/h4-18,20H,19,21H2,1-3H3,(H,33,34,37). The normalized spacial score (nSPS) is 10.7. The Morgan fingerprint density at radius 1 is 0.927 bits per heavy atom. The quantitative estimate of drug-likeness (QED) is 0.238. The number of carbonyl (C=O) groups is 2. The molecule has 2 heterocycles. The number of nitrogens with zero attached hydrogens (tertiary/aromatic N) is 3. The van der Waals surface area contributed by atoms with Crippen molar-refractivity contribution in [2.24, 2.45) is 0 Å². The molecule has 2 aromatic heterocycles. The van der Waals surface area contributed by atoms with Gasteiger partial charge in [0.2, 0.25) is 11.9 Å². The summed E-state index contributed by atoms with van der Waals surface area (Å²) in [7, 11) is 3.15. The molecule has 2 amide bonds. The van der Waals surface area contributed by atoms with Gasteiger partial charge in [0.25, 0.3) is 5.91 Å². The zero-order chi connectivity index (χ0) is 28.8. The average molecular weight is 551 g/mol. The molecule has 0 aliphatic carbocycles. The van der Waals surface area contributed by atoms with Crippen molar-refractivity contribution in [1.82, 2.24) is 14.5 Å². The zero-order valence-electron chi connectivity index (χ0n) is 23.0. The van der Waals surface area contributed by atoms with Crippen molar-refractivity contribution < 1.29 is 23.5 Å². The Balaban J connectivity index is 1.43. The maximum atomic E-state index is 13.5. The van der Waals surface area contributed by atoms with E-state index >= 15 is 0 Å². The summed E-state index contributed by atoms with van der Waals surface area (Å²) in [5.41, 5.74) is 3.87. The lowest BCUT2D eigenvalue weighted by Gasteiger charge is -2.21. The van der Waals surface area contributed by atoms with E-state index in [-0.39, 0.29) is 19.0 Å². The van der Waals surface area contributed by atoms with Crippen LogP contribution in [-0.4, -0.2) is 47.0 Å². The number of imidazole rings is 1. The van der Waals surface area contributed by atoms with E-state index < -0.39 is 5.91 Å². The van der Waals surface area contributed by atoms with Crippen LogP contribution >= 0.6 is 0 Å². The van der Waals surface area contributed by atoms with Crippen LogP contribution < -0.4 is 14.8 Å². The monoisotopic (exact) mass is 550 g/mol. The van der Waals surface area contributed by atoms with Crippen molar-refractivity contribution in [2.45, 2.75) is 13.5 Å². The zero-order valence-corrected chi connectivity index (χ0v) is 23.0. The Hall–Kier alpha value is -5.31. The van der Waals surface area contributed by atoms with E-state index in [0.29, 0.717) is 28.7 Å². The first-order valence-corrected chi connectivity index (χ1v) is 13.0. The van der Waals surface area contributed by atoms with Gasteiger partial charge in [0, 0.05) is 23.0 Å². The van der Waals surface area contributed by atoms with Gasteiger partial charge in [-0.2, -0.15) is 0 Å². The van der Waals surface area contributed by atoms with Crippen LogP contribution in [0.25, 0.3) is 16.9 Å². The molecule has 3 aromatic carbocycles. The molecule has 9 nitrogen and oxygen atoms in total. The highest BCUT2D eigenvalue weighted by atomic mass is 16.5. The number of carbonyl (C=O) groups excluding carboxylic acids is 2. The summed E-state index contributed by atoms with van der Waals surface area (Å²) in [6.45, 7) is 1.89. The van der Waals surface area contributed by atoms with E-state index in [1.807, 2.05) is 66.2 Å². The van der Waals surface area contributed by atoms with Crippen LogP contribution in [0.15, 0.2) is 102 Å². The molecule has 0 fully saturated rings. The number of amides is 2. The molecule has 0 aliphatic rings. The van der Waals surface area contributed by atoms with Gasteiger partial charge in [0.05, 0.1) is 32.7 Å². The van der Waals surface area contributed by atoms with Crippen LogP contribution in [0.4, 0.5) is 5.95 Å². The van der Waals surface area contributed by atoms with Gasteiger partial charge in [-0.1, -0.05) is 23.8 Å². The summed E-state index contributed by atoms with van der Waals surface area (Å²) in [5.74, 6) is 1.42. The number of aromatic nitrogens is 2. The highest BCUT2D eigenvalue weighted by Crippen LogP contribution is 2.26. The SMILES string of the molecule is COc1ccc(-c2cn(-c3ccc(C)cc3)c(NC(=O)CN(Cc3ccco3)C(=O)c3cccc(OC)c3)n2)cc1. The van der Waals surface area contributed by atoms with E-state index in [0.717, 1.165) is 22.6 Å². The van der Waals surface area contributed by atoms with Gasteiger partial charge in [-0.15, -0.1) is 0 Å². The molecule has 9 heteroatoms. The largest absolute Gasteiger partial charge is 0.497 e. The van der Waals surface area contributed by atoms with Crippen LogP contribution in [0.3, 0.4) is 0 Å².